The van der Waals surface area contributed by atoms with Crippen LogP contribution in [0.3, 0.4) is 0 Å². The summed E-state index contributed by atoms with van der Waals surface area (Å²) in [5.41, 5.74) is 1.17. The van der Waals surface area contributed by atoms with Gasteiger partial charge in [-0.2, -0.15) is 0 Å². The second-order valence-electron chi connectivity index (χ2n) is 6.69. The Bertz CT molecular complexity index is 938. The van der Waals surface area contributed by atoms with Crippen molar-refractivity contribution in [2.45, 2.75) is 19.5 Å². The van der Waals surface area contributed by atoms with Crippen LogP contribution < -0.4 is 0 Å². The minimum atomic E-state index is -1.17. The van der Waals surface area contributed by atoms with Gasteiger partial charge in [-0.25, -0.2) is 9.18 Å². The van der Waals surface area contributed by atoms with E-state index in [4.69, 9.17) is 4.74 Å². The fraction of sp³-hybridized carbons (Fsp3) is 0.238. The number of imide groups is 1. The average molecular weight is 398 g/mol. The van der Waals surface area contributed by atoms with E-state index in [0.29, 0.717) is 5.56 Å². The van der Waals surface area contributed by atoms with Crippen LogP contribution in [0.15, 0.2) is 48.5 Å². The molecule has 7 nitrogen and oxygen atoms in total. The lowest BCUT2D eigenvalue weighted by Gasteiger charge is -2.22. The molecule has 8 heteroatoms. The number of fused-ring (bicyclic) bond motifs is 1. The first-order chi connectivity index (χ1) is 13.8. The number of halogens is 1. The molecule has 3 rings (SSSR count). The van der Waals surface area contributed by atoms with E-state index < -0.39 is 36.3 Å². The molecule has 3 amide bonds. The van der Waals surface area contributed by atoms with E-state index in [1.54, 1.807) is 24.3 Å². The minimum absolute atomic E-state index is 0.213. The zero-order chi connectivity index (χ0) is 21.1. The number of esters is 1. The van der Waals surface area contributed by atoms with Crippen molar-refractivity contribution in [1.29, 1.82) is 0 Å². The fourth-order valence-electron chi connectivity index (χ4n) is 2.98. The summed E-state index contributed by atoms with van der Waals surface area (Å²) in [6.07, 6.45) is 0. The molecule has 0 aliphatic carbocycles. The van der Waals surface area contributed by atoms with E-state index in [9.17, 15) is 23.6 Å². The van der Waals surface area contributed by atoms with E-state index in [0.717, 1.165) is 4.90 Å². The van der Waals surface area contributed by atoms with Crippen molar-refractivity contribution in [3.63, 3.8) is 0 Å². The van der Waals surface area contributed by atoms with Crippen LogP contribution in [0.2, 0.25) is 0 Å². The summed E-state index contributed by atoms with van der Waals surface area (Å²) < 4.78 is 18.0. The molecule has 0 saturated carbocycles. The van der Waals surface area contributed by atoms with Gasteiger partial charge in [0.05, 0.1) is 11.1 Å². The van der Waals surface area contributed by atoms with E-state index in [1.165, 1.54) is 43.1 Å². The van der Waals surface area contributed by atoms with E-state index in [-0.39, 0.29) is 23.5 Å². The lowest BCUT2D eigenvalue weighted by Crippen LogP contribution is -2.44. The molecule has 0 unspecified atom stereocenters. The van der Waals surface area contributed by atoms with Crippen LogP contribution in [0.4, 0.5) is 4.39 Å². The molecule has 2 aromatic rings. The maximum Gasteiger partial charge on any atom is 0.329 e. The summed E-state index contributed by atoms with van der Waals surface area (Å²) in [7, 11) is 1.52. The van der Waals surface area contributed by atoms with Crippen LogP contribution >= 0.6 is 0 Å². The van der Waals surface area contributed by atoms with Gasteiger partial charge < -0.3 is 9.64 Å². The van der Waals surface area contributed by atoms with Gasteiger partial charge in [0.15, 0.2) is 6.61 Å². The molecule has 1 heterocycles. The first kappa shape index (κ1) is 20.2. The minimum Gasteiger partial charge on any atom is -0.454 e. The number of amides is 3. The Morgan fingerprint density at radius 1 is 1.03 bits per heavy atom. The summed E-state index contributed by atoms with van der Waals surface area (Å²) in [5, 5.41) is 0. The topological polar surface area (TPSA) is 84.0 Å². The fourth-order valence-corrected chi connectivity index (χ4v) is 2.98. The highest BCUT2D eigenvalue weighted by Gasteiger charge is 2.41. The van der Waals surface area contributed by atoms with Gasteiger partial charge in [0, 0.05) is 13.6 Å². The molecular weight excluding hydrogens is 379 g/mol. The van der Waals surface area contributed by atoms with E-state index in [1.807, 2.05) is 0 Å². The second-order valence-corrected chi connectivity index (χ2v) is 6.69. The molecule has 1 atom stereocenters. The van der Waals surface area contributed by atoms with Crippen LogP contribution in [0.5, 0.6) is 0 Å². The molecule has 0 spiro atoms. The third-order valence-corrected chi connectivity index (χ3v) is 4.65. The molecular formula is C21H19FN2O5. The standard InChI is InChI=1S/C21H19FN2O5/c1-13(24-19(26)16-5-3-4-6-17(16)20(24)27)21(28)29-12-18(25)23(2)11-14-7-9-15(22)10-8-14/h3-10,13H,11-12H2,1-2H3/t13-/m1/s1. The molecule has 29 heavy (non-hydrogen) atoms. The van der Waals surface area contributed by atoms with Crippen molar-refractivity contribution in [2.24, 2.45) is 0 Å². The van der Waals surface area contributed by atoms with Gasteiger partial charge in [-0.1, -0.05) is 24.3 Å². The van der Waals surface area contributed by atoms with Crippen molar-refractivity contribution < 1.29 is 28.3 Å². The number of nitrogens with zero attached hydrogens (tertiary/aromatic N) is 2. The first-order valence-electron chi connectivity index (χ1n) is 8.91. The van der Waals surface area contributed by atoms with Gasteiger partial charge in [0.1, 0.15) is 11.9 Å². The highest BCUT2D eigenvalue weighted by atomic mass is 19.1. The predicted molar refractivity (Wildman–Crippen MR) is 100 cm³/mol. The molecule has 0 radical (unpaired) electrons. The Morgan fingerprint density at radius 3 is 2.14 bits per heavy atom. The number of hydrogen-bond donors (Lipinski definition) is 0. The Morgan fingerprint density at radius 2 is 1.59 bits per heavy atom. The monoisotopic (exact) mass is 398 g/mol. The number of ether oxygens (including phenoxy) is 1. The number of carbonyl (C=O) groups excluding carboxylic acids is 4. The molecule has 0 saturated heterocycles. The molecule has 2 aromatic carbocycles. The van der Waals surface area contributed by atoms with Crippen molar-refractivity contribution in [3.05, 3.63) is 71.0 Å². The summed E-state index contributed by atoms with van der Waals surface area (Å²) in [6.45, 7) is 1.05. The molecule has 0 N–H and O–H groups in total. The molecule has 0 aromatic heterocycles. The van der Waals surface area contributed by atoms with Gasteiger partial charge in [-0.15, -0.1) is 0 Å². The van der Waals surface area contributed by atoms with E-state index >= 15 is 0 Å². The maximum atomic E-state index is 12.9. The number of benzene rings is 2. The maximum absolute atomic E-state index is 12.9. The van der Waals surface area contributed by atoms with Crippen LogP contribution in [0, 0.1) is 5.82 Å². The summed E-state index contributed by atoms with van der Waals surface area (Å²) in [6, 6.07) is 10.8. The summed E-state index contributed by atoms with van der Waals surface area (Å²) in [5.74, 6) is -2.86. The SMILES string of the molecule is C[C@H](C(=O)OCC(=O)N(C)Cc1ccc(F)cc1)N1C(=O)c2ccccc2C1=O. The van der Waals surface area contributed by atoms with E-state index in [2.05, 4.69) is 0 Å². The summed E-state index contributed by atoms with van der Waals surface area (Å²) >= 11 is 0. The van der Waals surface area contributed by atoms with Crippen molar-refractivity contribution >= 4 is 23.7 Å². The second kappa shape index (κ2) is 8.22. The predicted octanol–water partition coefficient (Wildman–Crippen LogP) is 2.01. The van der Waals surface area contributed by atoms with Gasteiger partial charge in [0.25, 0.3) is 17.7 Å². The molecule has 0 fully saturated rings. The van der Waals surface area contributed by atoms with Crippen LogP contribution in [0.1, 0.15) is 33.2 Å². The number of likely N-dealkylation sites (N-methyl/N-ethyl adjacent to an activating group) is 1. The number of carbonyl (C=O) groups is 4. The van der Waals surface area contributed by atoms with Crippen LogP contribution in [0.25, 0.3) is 0 Å². The molecule has 1 aliphatic rings. The number of rotatable bonds is 6. The number of hydrogen-bond acceptors (Lipinski definition) is 5. The van der Waals surface area contributed by atoms with Crippen molar-refractivity contribution in [1.82, 2.24) is 9.80 Å². The molecule has 1 aliphatic heterocycles. The molecule has 150 valence electrons. The Balaban J connectivity index is 1.56. The third kappa shape index (κ3) is 4.16. The summed E-state index contributed by atoms with van der Waals surface area (Å²) in [4.78, 5) is 51.5. The highest BCUT2D eigenvalue weighted by molar-refractivity contribution is 6.22. The normalized spacial score (nSPS) is 13.8. The van der Waals surface area contributed by atoms with Crippen LogP contribution in [-0.2, 0) is 20.9 Å². The van der Waals surface area contributed by atoms with Crippen LogP contribution in [-0.4, -0.2) is 53.2 Å². The van der Waals surface area contributed by atoms with Gasteiger partial charge in [-0.05, 0) is 36.8 Å². The zero-order valence-electron chi connectivity index (χ0n) is 15.9. The third-order valence-electron chi connectivity index (χ3n) is 4.65. The quantitative estimate of drug-likeness (QED) is 0.549. The highest BCUT2D eigenvalue weighted by Crippen LogP contribution is 2.24. The Hall–Kier alpha value is -3.55. The largest absolute Gasteiger partial charge is 0.454 e. The van der Waals surface area contributed by atoms with Gasteiger partial charge >= 0.3 is 5.97 Å². The van der Waals surface area contributed by atoms with Gasteiger partial charge in [-0.3, -0.25) is 19.3 Å². The smallest absolute Gasteiger partial charge is 0.329 e. The Kier molecular flexibility index (Phi) is 5.72. The Labute approximate surface area is 166 Å². The van der Waals surface area contributed by atoms with Crippen molar-refractivity contribution in [2.75, 3.05) is 13.7 Å². The lowest BCUT2D eigenvalue weighted by molar-refractivity contribution is -0.154. The van der Waals surface area contributed by atoms with Gasteiger partial charge in [0.2, 0.25) is 0 Å². The van der Waals surface area contributed by atoms with Crippen molar-refractivity contribution in [3.8, 4) is 0 Å². The average Bonchev–Trinajstić information content (AvgIpc) is 2.97. The molecule has 0 bridgehead atoms. The zero-order valence-corrected chi connectivity index (χ0v) is 15.9. The first-order valence-corrected chi connectivity index (χ1v) is 8.91. The lowest BCUT2D eigenvalue weighted by atomic mass is 10.1.